The minimum absolute atomic E-state index is 0.0555. The number of amides is 1. The number of carbonyl (C=O) groups excluding carboxylic acids is 1. The zero-order valence-electron chi connectivity index (χ0n) is 13.7. The fourth-order valence-corrected chi connectivity index (χ4v) is 2.12. The van der Waals surface area contributed by atoms with Gasteiger partial charge < -0.3 is 15.4 Å². The van der Waals surface area contributed by atoms with Gasteiger partial charge in [-0.1, -0.05) is 29.3 Å². The van der Waals surface area contributed by atoms with E-state index in [1.807, 2.05) is 46.8 Å². The zero-order chi connectivity index (χ0) is 16.9. The van der Waals surface area contributed by atoms with Crippen molar-refractivity contribution in [2.24, 2.45) is 0 Å². The van der Waals surface area contributed by atoms with Crippen molar-refractivity contribution in [2.75, 3.05) is 6.54 Å². The molecule has 22 heavy (non-hydrogen) atoms. The molecule has 0 saturated heterocycles. The topological polar surface area (TPSA) is 50.4 Å². The molecule has 2 N–H and O–H groups in total. The van der Waals surface area contributed by atoms with E-state index in [0.717, 1.165) is 5.56 Å². The van der Waals surface area contributed by atoms with Crippen LogP contribution in [0, 0.1) is 0 Å². The van der Waals surface area contributed by atoms with Crippen LogP contribution in [-0.4, -0.2) is 24.3 Å². The molecule has 124 valence electrons. The largest absolute Gasteiger partial charge is 0.444 e. The number of nitrogens with one attached hydrogen (secondary N) is 2. The van der Waals surface area contributed by atoms with Gasteiger partial charge in [-0.15, -0.1) is 0 Å². The van der Waals surface area contributed by atoms with Crippen molar-refractivity contribution in [1.29, 1.82) is 0 Å². The van der Waals surface area contributed by atoms with Crippen LogP contribution >= 0.6 is 23.2 Å². The summed E-state index contributed by atoms with van der Waals surface area (Å²) in [6.45, 7) is 10.1. The minimum Gasteiger partial charge on any atom is -0.444 e. The first-order valence-electron chi connectivity index (χ1n) is 7.26. The molecule has 0 spiro atoms. The monoisotopic (exact) mass is 346 g/mol. The minimum atomic E-state index is -0.495. The van der Waals surface area contributed by atoms with E-state index >= 15 is 0 Å². The van der Waals surface area contributed by atoms with Crippen molar-refractivity contribution in [3.63, 3.8) is 0 Å². The highest BCUT2D eigenvalue weighted by Gasteiger charge is 2.18. The molecule has 1 aromatic carbocycles. The molecule has 0 aliphatic carbocycles. The molecule has 1 amide bonds. The van der Waals surface area contributed by atoms with E-state index in [9.17, 15) is 4.79 Å². The van der Waals surface area contributed by atoms with E-state index in [0.29, 0.717) is 16.6 Å². The van der Waals surface area contributed by atoms with Crippen molar-refractivity contribution >= 4 is 29.3 Å². The van der Waals surface area contributed by atoms with Gasteiger partial charge in [0.05, 0.1) is 10.0 Å². The summed E-state index contributed by atoms with van der Waals surface area (Å²) < 4.78 is 5.22. The third-order valence-electron chi connectivity index (χ3n) is 2.94. The summed E-state index contributed by atoms with van der Waals surface area (Å²) in [6.07, 6.45) is -0.413. The predicted molar refractivity (Wildman–Crippen MR) is 91.7 cm³/mol. The van der Waals surface area contributed by atoms with Crippen LogP contribution in [0.4, 0.5) is 4.79 Å². The molecule has 0 saturated carbocycles. The fraction of sp³-hybridized carbons (Fsp3) is 0.562. The van der Waals surface area contributed by atoms with Gasteiger partial charge in [-0.2, -0.15) is 0 Å². The Morgan fingerprint density at radius 1 is 1.23 bits per heavy atom. The number of hydrogen-bond acceptors (Lipinski definition) is 3. The van der Waals surface area contributed by atoms with Gasteiger partial charge in [0.2, 0.25) is 0 Å². The second-order valence-corrected chi connectivity index (χ2v) is 7.17. The first-order chi connectivity index (χ1) is 10.1. The third kappa shape index (κ3) is 6.86. The Morgan fingerprint density at radius 2 is 1.86 bits per heavy atom. The van der Waals surface area contributed by atoms with Crippen molar-refractivity contribution < 1.29 is 9.53 Å². The van der Waals surface area contributed by atoms with E-state index in [-0.39, 0.29) is 12.1 Å². The van der Waals surface area contributed by atoms with Crippen LogP contribution in [0.3, 0.4) is 0 Å². The Morgan fingerprint density at radius 3 is 2.41 bits per heavy atom. The number of carbonyl (C=O) groups is 1. The Labute approximate surface area is 142 Å². The van der Waals surface area contributed by atoms with E-state index < -0.39 is 11.7 Å². The highest BCUT2D eigenvalue weighted by molar-refractivity contribution is 6.42. The molecule has 1 aromatic rings. The molecule has 2 unspecified atom stereocenters. The molecule has 6 heteroatoms. The lowest BCUT2D eigenvalue weighted by Gasteiger charge is -2.23. The van der Waals surface area contributed by atoms with E-state index in [2.05, 4.69) is 10.6 Å². The zero-order valence-corrected chi connectivity index (χ0v) is 15.2. The first kappa shape index (κ1) is 19.1. The number of alkyl carbamates (subject to hydrolysis) is 1. The molecule has 0 aromatic heterocycles. The smallest absolute Gasteiger partial charge is 0.407 e. The molecule has 2 atom stereocenters. The van der Waals surface area contributed by atoms with Gasteiger partial charge in [0, 0.05) is 18.6 Å². The second-order valence-electron chi connectivity index (χ2n) is 6.35. The molecule has 4 nitrogen and oxygen atoms in total. The van der Waals surface area contributed by atoms with E-state index in [1.54, 1.807) is 6.07 Å². The van der Waals surface area contributed by atoms with Crippen molar-refractivity contribution in [1.82, 2.24) is 10.6 Å². The lowest BCUT2D eigenvalue weighted by Crippen LogP contribution is -2.43. The summed E-state index contributed by atoms with van der Waals surface area (Å²) in [7, 11) is 0. The lowest BCUT2D eigenvalue weighted by atomic mass is 10.1. The average Bonchev–Trinajstić information content (AvgIpc) is 2.36. The first-order valence-corrected chi connectivity index (χ1v) is 8.02. The molecule has 0 heterocycles. The van der Waals surface area contributed by atoms with Gasteiger partial charge in [0.15, 0.2) is 0 Å². The van der Waals surface area contributed by atoms with Crippen LogP contribution in [0.1, 0.15) is 46.2 Å². The Hall–Kier alpha value is -0.970. The highest BCUT2D eigenvalue weighted by Crippen LogP contribution is 2.25. The number of halogens is 2. The van der Waals surface area contributed by atoms with Gasteiger partial charge in [-0.25, -0.2) is 4.79 Å². The molecular weight excluding hydrogens is 323 g/mol. The standard InChI is InChI=1S/C16H24Cl2N2O2/c1-10(20-15(21)22-16(3,4)5)9-19-11(2)12-6-7-13(17)14(18)8-12/h6-8,10-11,19H,9H2,1-5H3,(H,20,21). The number of hydrogen-bond donors (Lipinski definition) is 2. The maximum Gasteiger partial charge on any atom is 0.407 e. The van der Waals surface area contributed by atoms with E-state index in [1.165, 1.54) is 0 Å². The number of ether oxygens (including phenoxy) is 1. The summed E-state index contributed by atoms with van der Waals surface area (Å²) in [5.74, 6) is 0. The van der Waals surface area contributed by atoms with Crippen LogP contribution in [0.5, 0.6) is 0 Å². The molecule has 0 aliphatic rings. The number of rotatable bonds is 5. The van der Waals surface area contributed by atoms with Crippen LogP contribution in [0.25, 0.3) is 0 Å². The SMILES string of the molecule is CC(CNC(C)c1ccc(Cl)c(Cl)c1)NC(=O)OC(C)(C)C. The highest BCUT2D eigenvalue weighted by atomic mass is 35.5. The lowest BCUT2D eigenvalue weighted by molar-refractivity contribution is 0.0507. The Bertz CT molecular complexity index is 515. The van der Waals surface area contributed by atoms with E-state index in [4.69, 9.17) is 27.9 Å². The fourth-order valence-electron chi connectivity index (χ4n) is 1.81. The summed E-state index contributed by atoms with van der Waals surface area (Å²) >= 11 is 11.9. The van der Waals surface area contributed by atoms with Crippen LogP contribution in [-0.2, 0) is 4.74 Å². The van der Waals surface area contributed by atoms with Gasteiger partial charge in [0.1, 0.15) is 5.60 Å². The Balaban J connectivity index is 2.44. The van der Waals surface area contributed by atoms with Gasteiger partial charge >= 0.3 is 6.09 Å². The molecule has 0 radical (unpaired) electrons. The van der Waals surface area contributed by atoms with Gasteiger partial charge in [0.25, 0.3) is 0 Å². The second kappa shape index (κ2) is 8.04. The van der Waals surface area contributed by atoms with Crippen LogP contribution in [0.2, 0.25) is 10.0 Å². The normalized spacial score (nSPS) is 14.3. The average molecular weight is 347 g/mol. The quantitative estimate of drug-likeness (QED) is 0.821. The van der Waals surface area contributed by atoms with Crippen molar-refractivity contribution in [2.45, 2.75) is 52.3 Å². The molecular formula is C16H24Cl2N2O2. The molecule has 0 aliphatic heterocycles. The predicted octanol–water partition coefficient (Wildman–Crippen LogP) is 4.56. The molecule has 1 rings (SSSR count). The van der Waals surface area contributed by atoms with Crippen LogP contribution < -0.4 is 10.6 Å². The van der Waals surface area contributed by atoms with Crippen LogP contribution in [0.15, 0.2) is 18.2 Å². The van der Waals surface area contributed by atoms with Crippen molar-refractivity contribution in [3.05, 3.63) is 33.8 Å². The van der Waals surface area contributed by atoms with Crippen molar-refractivity contribution in [3.8, 4) is 0 Å². The maximum atomic E-state index is 11.7. The number of benzene rings is 1. The summed E-state index contributed by atoms with van der Waals surface area (Å²) in [5, 5.41) is 7.21. The Kier molecular flexibility index (Phi) is 6.98. The van der Waals surface area contributed by atoms with Gasteiger partial charge in [-0.05, 0) is 52.3 Å². The summed E-state index contributed by atoms with van der Waals surface area (Å²) in [5.41, 5.74) is 0.545. The summed E-state index contributed by atoms with van der Waals surface area (Å²) in [4.78, 5) is 11.7. The summed E-state index contributed by atoms with van der Waals surface area (Å²) in [6, 6.07) is 5.59. The molecule has 0 bridgehead atoms. The van der Waals surface area contributed by atoms with Gasteiger partial charge in [-0.3, -0.25) is 0 Å². The third-order valence-corrected chi connectivity index (χ3v) is 3.68. The maximum absolute atomic E-state index is 11.7. The molecule has 0 fully saturated rings.